The zero-order valence-electron chi connectivity index (χ0n) is 68.6. The Labute approximate surface area is 710 Å². The molecule has 0 spiro atoms. The number of fused-ring (bicyclic) bond motifs is 8. The normalized spacial score (nSPS) is 17.6. The van der Waals surface area contributed by atoms with Gasteiger partial charge in [0.05, 0.1) is 41.3 Å². The number of aromatic amines is 3. The third-order valence-corrected chi connectivity index (χ3v) is 23.3. The molecule has 10 heterocycles. The number of nitrogens with two attached hydrogens (primary N) is 2. The van der Waals surface area contributed by atoms with Gasteiger partial charge in [0, 0.05) is 102 Å². The van der Waals surface area contributed by atoms with Crippen molar-refractivity contribution in [3.05, 3.63) is 186 Å². The molecule has 123 heavy (non-hydrogen) atoms. The predicted octanol–water partition coefficient (Wildman–Crippen LogP) is 7.58. The molecule has 14 rings (SSSR count). The highest BCUT2D eigenvalue weighted by atomic mass is 16.4. The summed E-state index contributed by atoms with van der Waals surface area (Å²) >= 11 is 0. The van der Waals surface area contributed by atoms with Crippen molar-refractivity contribution in [3.63, 3.8) is 0 Å². The van der Waals surface area contributed by atoms with Crippen LogP contribution in [-0.4, -0.2) is 220 Å². The number of carboxylic acids is 1. The number of hydrogen-bond donors (Lipinski definition) is 15. The molecule has 4 aromatic carbocycles. The number of amides is 9. The SMILES string of the molecule is CC(C)C[C@H](NC(=O)[C@H](CCCNC(=N)N)NC(=O)[C@@H]1CCCN1C(=O)[C@H](Cc1c[nH]cn1)NC(=O)[C@@H]1CCCN1C(=O)[C@@H]1CCCN1C(=O)[C@H](CCCNC(=N)N)NC(=O)[C@@H]1CCCN1C(=O)CNC(=O)c1ccc(-c2c3nc(c(-c4ccccc4)c4ccc([nH]4)c(-c4ccccc4)c4nc(c(-c5ccccc5)c5ccc2[nH]5)C=C4)C=C3)cc1)C(=O)O. The number of guanidine groups is 2. The summed E-state index contributed by atoms with van der Waals surface area (Å²) in [4.78, 5) is 175. The van der Waals surface area contributed by atoms with E-state index in [2.05, 4.69) is 118 Å². The van der Waals surface area contributed by atoms with Gasteiger partial charge in [-0.05, 0) is 172 Å². The molecule has 17 N–H and O–H groups in total. The zero-order chi connectivity index (χ0) is 86.4. The minimum atomic E-state index is -1.31. The fourth-order valence-electron chi connectivity index (χ4n) is 17.4. The molecule has 6 aliphatic rings. The number of nitrogens with one attached hydrogen (secondary N) is 12. The third kappa shape index (κ3) is 20.0. The van der Waals surface area contributed by atoms with E-state index in [1.165, 1.54) is 25.9 Å². The van der Waals surface area contributed by atoms with Gasteiger partial charge in [0.2, 0.25) is 47.3 Å². The lowest BCUT2D eigenvalue weighted by atomic mass is 10.0. The highest BCUT2D eigenvalue weighted by Crippen LogP contribution is 2.40. The Balaban J connectivity index is 0.654. The number of aliphatic carboxylic acids is 1. The van der Waals surface area contributed by atoms with E-state index in [0.717, 1.165) is 83.7 Å². The van der Waals surface area contributed by atoms with E-state index in [4.69, 9.17) is 32.3 Å². The maximum Gasteiger partial charge on any atom is 0.326 e. The number of hydrogen-bond acceptors (Lipinski definition) is 15. The van der Waals surface area contributed by atoms with Gasteiger partial charge in [-0.1, -0.05) is 117 Å². The monoisotopic (exact) mass is 1670 g/mol. The average Bonchev–Trinajstić information content (AvgIpc) is 1.62. The third-order valence-electron chi connectivity index (χ3n) is 23.3. The van der Waals surface area contributed by atoms with Crippen molar-refractivity contribution in [2.45, 2.75) is 152 Å². The van der Waals surface area contributed by atoms with E-state index in [-0.39, 0.29) is 127 Å². The van der Waals surface area contributed by atoms with Crippen LogP contribution in [0.2, 0.25) is 0 Å². The first kappa shape index (κ1) is 85.4. The van der Waals surface area contributed by atoms with Gasteiger partial charge in [-0.2, -0.15) is 0 Å². The summed E-state index contributed by atoms with van der Waals surface area (Å²) in [7, 11) is 0. The molecule has 32 nitrogen and oxygen atoms in total. The van der Waals surface area contributed by atoms with Crippen molar-refractivity contribution in [2.24, 2.45) is 17.4 Å². The first-order valence-corrected chi connectivity index (χ1v) is 42.0. The minimum Gasteiger partial charge on any atom is -0.480 e. The summed E-state index contributed by atoms with van der Waals surface area (Å²) in [6.45, 7) is 4.04. The number of likely N-dealkylation sites (tertiary alicyclic amines) is 4. The Kier molecular flexibility index (Phi) is 27.0. The Hall–Kier alpha value is -14.1. The van der Waals surface area contributed by atoms with Crippen LogP contribution >= 0.6 is 0 Å². The molecular weight excluding hydrogens is 1560 g/mol. The van der Waals surface area contributed by atoms with E-state index in [1.54, 1.807) is 18.3 Å². The lowest BCUT2D eigenvalue weighted by Gasteiger charge is -2.34. The standard InChI is InChI=1S/C91H103N21O11/c1-53(2)48-71(89(122)123)108-82(115)68(24-12-42-97-90(92)93)105-84(117)73-27-15-45-110(73)87(120)70(49-59-50-96-52-100-59)107-85(118)74-28-16-46-111(74)88(121)75-29-17-47-112(75)86(119)69(25-13-43-98-91(94)95)106-83(116)72-26-14-44-109(72)76(113)51-99-81(114)58-32-30-57(31-33-58)80-66-40-38-64(103-66)78(55-20-8-4-9-21-55)62-36-34-60(101-62)77(54-18-6-3-7-19-54)61-35-37-63(102-61)79(56-22-10-5-11-23-56)65-39-41-67(80)104-65/h3-11,18-23,30-41,50,52-53,68-75,101,104H,12-17,24-29,42-49,51H2,1-2H3,(H,96,100)(H,99,114)(H,105,117)(H,106,116)(H,107,118)(H,108,115)(H,122,123)(H4,92,93,97)(H4,94,95,98)/t68-,69-,70-,71-,72-,73-,74-,75-/m0/s1. The van der Waals surface area contributed by atoms with Crippen molar-refractivity contribution >= 4 is 117 Å². The van der Waals surface area contributed by atoms with Crippen LogP contribution in [0.1, 0.15) is 136 Å². The van der Waals surface area contributed by atoms with Gasteiger partial charge in [-0.25, -0.2) is 19.7 Å². The maximum absolute atomic E-state index is 15.1. The number of benzene rings is 4. The zero-order valence-corrected chi connectivity index (χ0v) is 68.6. The van der Waals surface area contributed by atoms with E-state index in [1.807, 2.05) is 105 Å². The lowest BCUT2D eigenvalue weighted by Crippen LogP contribution is -2.60. The quantitative estimate of drug-likeness (QED) is 0.0113. The minimum absolute atomic E-state index is 0.0206. The van der Waals surface area contributed by atoms with Gasteiger partial charge in [0.15, 0.2) is 11.9 Å². The molecule has 4 saturated heterocycles. The van der Waals surface area contributed by atoms with Crippen LogP contribution in [0.5, 0.6) is 0 Å². The Morgan fingerprint density at radius 3 is 1.34 bits per heavy atom. The number of H-pyrrole nitrogens is 3. The second-order valence-corrected chi connectivity index (χ2v) is 32.1. The first-order chi connectivity index (χ1) is 59.5. The lowest BCUT2D eigenvalue weighted by molar-refractivity contribution is -0.149. The number of carbonyl (C=O) groups excluding carboxylic acids is 9. The van der Waals surface area contributed by atoms with Crippen LogP contribution in [0.25, 0.3) is 90.9 Å². The Morgan fingerprint density at radius 2 is 0.886 bits per heavy atom. The van der Waals surface area contributed by atoms with Crippen LogP contribution in [-0.2, 0) is 49.6 Å². The summed E-state index contributed by atoms with van der Waals surface area (Å²) in [5.74, 6) is -7.46. The van der Waals surface area contributed by atoms with Crippen molar-refractivity contribution < 1.29 is 53.1 Å². The molecule has 6 aliphatic heterocycles. The summed E-state index contributed by atoms with van der Waals surface area (Å²) in [5.41, 5.74) is 25.1. The van der Waals surface area contributed by atoms with Crippen molar-refractivity contribution in [3.8, 4) is 44.5 Å². The van der Waals surface area contributed by atoms with Crippen LogP contribution in [0.15, 0.2) is 152 Å². The van der Waals surface area contributed by atoms with Crippen molar-refractivity contribution in [1.82, 2.24) is 86.7 Å². The van der Waals surface area contributed by atoms with Gasteiger partial charge >= 0.3 is 5.97 Å². The molecule has 32 heteroatoms. The summed E-state index contributed by atoms with van der Waals surface area (Å²) < 4.78 is 0. The molecule has 0 saturated carbocycles. The average molecular weight is 1670 g/mol. The van der Waals surface area contributed by atoms with E-state index in [0.29, 0.717) is 37.1 Å². The first-order valence-electron chi connectivity index (χ1n) is 42.0. The molecule has 8 atom stereocenters. The summed E-state index contributed by atoms with van der Waals surface area (Å²) in [5, 5.41) is 44.6. The van der Waals surface area contributed by atoms with Crippen LogP contribution in [0.3, 0.4) is 0 Å². The summed E-state index contributed by atoms with van der Waals surface area (Å²) in [6, 6.07) is 36.4. The van der Waals surface area contributed by atoms with Crippen LogP contribution in [0.4, 0.5) is 0 Å². The maximum atomic E-state index is 15.1. The molecular formula is C91H103N21O11. The van der Waals surface area contributed by atoms with Crippen molar-refractivity contribution in [1.29, 1.82) is 10.8 Å². The van der Waals surface area contributed by atoms with Crippen molar-refractivity contribution in [2.75, 3.05) is 45.8 Å². The van der Waals surface area contributed by atoms with Gasteiger partial charge in [0.25, 0.3) is 5.91 Å². The Bertz CT molecular complexity index is 5500. The number of nitrogens with zero attached hydrogens (tertiary/aromatic N) is 7. The van der Waals surface area contributed by atoms with E-state index < -0.39 is 114 Å². The topological polar surface area (TPSA) is 474 Å². The fourth-order valence-corrected chi connectivity index (χ4v) is 17.4. The van der Waals surface area contributed by atoms with Gasteiger partial charge in [-0.15, -0.1) is 0 Å². The molecule has 0 aliphatic carbocycles. The largest absolute Gasteiger partial charge is 0.480 e. The van der Waals surface area contributed by atoms with Gasteiger partial charge < -0.3 is 88.3 Å². The smallest absolute Gasteiger partial charge is 0.326 e. The molecule has 0 unspecified atom stereocenters. The van der Waals surface area contributed by atoms with E-state index in [9.17, 15) is 43.5 Å². The number of rotatable bonds is 31. The summed E-state index contributed by atoms with van der Waals surface area (Å²) in [6.07, 6.45) is 14.1. The number of aromatic nitrogens is 6. The predicted molar refractivity (Wildman–Crippen MR) is 467 cm³/mol. The second-order valence-electron chi connectivity index (χ2n) is 32.1. The molecule has 4 fully saturated rings. The number of carboxylic acid groups (broad SMARTS) is 1. The van der Waals surface area contributed by atoms with Gasteiger partial charge in [0.1, 0.15) is 48.3 Å². The number of carbonyl (C=O) groups is 10. The molecule has 4 aromatic heterocycles. The fraction of sp³-hybridized carbons (Fsp3) is 0.352. The molecule has 0 radical (unpaired) electrons. The Morgan fingerprint density at radius 1 is 0.480 bits per heavy atom. The van der Waals surface area contributed by atoms with Crippen LogP contribution in [0, 0.1) is 16.7 Å². The highest BCUT2D eigenvalue weighted by Gasteiger charge is 2.47. The van der Waals surface area contributed by atoms with Crippen LogP contribution < -0.4 is 48.7 Å². The second kappa shape index (κ2) is 39.0. The molecule has 638 valence electrons. The molecule has 9 amide bonds. The molecule has 8 bridgehead atoms. The van der Waals surface area contributed by atoms with E-state index >= 15 is 9.59 Å². The highest BCUT2D eigenvalue weighted by molar-refractivity contribution is 6.04. The molecule has 8 aromatic rings. The van der Waals surface area contributed by atoms with Gasteiger partial charge in [-0.3, -0.25) is 54.0 Å². The number of imidazole rings is 1.